The highest BCUT2D eigenvalue weighted by atomic mass is 15.0. The summed E-state index contributed by atoms with van der Waals surface area (Å²) in [5.41, 5.74) is 3.02. The van der Waals surface area contributed by atoms with E-state index in [1.54, 1.807) is 0 Å². The van der Waals surface area contributed by atoms with Gasteiger partial charge in [-0.25, -0.2) is 0 Å². The predicted molar refractivity (Wildman–Crippen MR) is 80.9 cm³/mol. The Morgan fingerprint density at radius 2 is 1.78 bits per heavy atom. The molecular formula is C17H27N. The minimum atomic E-state index is 0.0966. The van der Waals surface area contributed by atoms with E-state index in [4.69, 9.17) is 0 Å². The summed E-state index contributed by atoms with van der Waals surface area (Å²) in [5, 5.41) is 3.58. The Morgan fingerprint density at radius 3 is 2.28 bits per heavy atom. The lowest BCUT2D eigenvalue weighted by atomic mass is 9.82. The van der Waals surface area contributed by atoms with E-state index in [9.17, 15) is 0 Å². The van der Waals surface area contributed by atoms with Gasteiger partial charge in [-0.3, -0.25) is 0 Å². The second-order valence-corrected chi connectivity index (χ2v) is 6.56. The van der Waals surface area contributed by atoms with Gasteiger partial charge in [-0.1, -0.05) is 37.3 Å². The van der Waals surface area contributed by atoms with E-state index in [2.05, 4.69) is 76.9 Å². The second kappa shape index (κ2) is 5.71. The van der Waals surface area contributed by atoms with E-state index >= 15 is 0 Å². The molecule has 0 radical (unpaired) electrons. The summed E-state index contributed by atoms with van der Waals surface area (Å²) >= 11 is 0. The Kier molecular flexibility index (Phi) is 4.75. The summed E-state index contributed by atoms with van der Waals surface area (Å²) < 4.78 is 0. The van der Waals surface area contributed by atoms with E-state index in [0.717, 1.165) is 13.0 Å². The van der Waals surface area contributed by atoms with Gasteiger partial charge in [0, 0.05) is 17.5 Å². The molecule has 1 N–H and O–H groups in total. The van der Waals surface area contributed by atoms with Crippen LogP contribution in [0.4, 0.5) is 0 Å². The third-order valence-electron chi connectivity index (χ3n) is 3.37. The first-order valence-corrected chi connectivity index (χ1v) is 6.69. The molecule has 0 saturated heterocycles. The van der Waals surface area contributed by atoms with Crippen molar-refractivity contribution in [3.63, 3.8) is 0 Å². The minimum Gasteiger partial charge on any atom is -0.311 e. The average Bonchev–Trinajstić information content (AvgIpc) is 2.29. The molecule has 1 atom stereocenters. The molecular weight excluding hydrogens is 218 g/mol. The zero-order chi connectivity index (χ0) is 13.8. The van der Waals surface area contributed by atoms with Crippen LogP contribution in [0.15, 0.2) is 36.9 Å². The fourth-order valence-corrected chi connectivity index (χ4v) is 1.92. The van der Waals surface area contributed by atoms with Crippen LogP contribution in [0.1, 0.15) is 38.8 Å². The third kappa shape index (κ3) is 4.66. The molecule has 1 aromatic rings. The first-order chi connectivity index (χ1) is 8.26. The zero-order valence-corrected chi connectivity index (χ0v) is 12.5. The fraction of sp³-hybridized carbons (Fsp3) is 0.529. The van der Waals surface area contributed by atoms with Gasteiger partial charge in [0.05, 0.1) is 0 Å². The maximum absolute atomic E-state index is 4.02. The maximum atomic E-state index is 4.02. The van der Waals surface area contributed by atoms with Gasteiger partial charge in [-0.2, -0.15) is 0 Å². The first kappa shape index (κ1) is 15.0. The van der Waals surface area contributed by atoms with E-state index in [1.165, 1.54) is 11.1 Å². The molecule has 100 valence electrons. The number of rotatable bonds is 5. The summed E-state index contributed by atoms with van der Waals surface area (Å²) in [6.07, 6.45) is 3.12. The van der Waals surface area contributed by atoms with Crippen molar-refractivity contribution in [3.8, 4) is 0 Å². The fourth-order valence-electron chi connectivity index (χ4n) is 1.92. The number of aryl methyl sites for hydroxylation is 1. The van der Waals surface area contributed by atoms with Gasteiger partial charge in [-0.05, 0) is 45.2 Å². The van der Waals surface area contributed by atoms with E-state index < -0.39 is 0 Å². The molecule has 0 heterocycles. The molecule has 0 aliphatic rings. The Hall–Kier alpha value is -1.08. The van der Waals surface area contributed by atoms with Crippen molar-refractivity contribution in [2.24, 2.45) is 5.41 Å². The highest BCUT2D eigenvalue weighted by molar-refractivity contribution is 5.27. The van der Waals surface area contributed by atoms with Crippen molar-refractivity contribution in [2.75, 3.05) is 6.54 Å². The minimum absolute atomic E-state index is 0.0966. The maximum Gasteiger partial charge on any atom is 0.00968 e. The number of nitrogens with one attached hydrogen (secondary N) is 1. The molecule has 0 aliphatic carbocycles. The monoisotopic (exact) mass is 245 g/mol. The molecule has 0 aromatic heterocycles. The molecule has 0 amide bonds. The normalized spacial score (nSPS) is 15.2. The quantitative estimate of drug-likeness (QED) is 0.770. The molecule has 0 fully saturated rings. The van der Waals surface area contributed by atoms with Crippen molar-refractivity contribution in [1.82, 2.24) is 5.32 Å². The van der Waals surface area contributed by atoms with Gasteiger partial charge >= 0.3 is 0 Å². The molecule has 0 spiro atoms. The summed E-state index contributed by atoms with van der Waals surface area (Å²) in [6, 6.07) is 8.60. The lowest BCUT2D eigenvalue weighted by Crippen LogP contribution is -2.43. The van der Waals surface area contributed by atoms with Crippen LogP contribution in [0, 0.1) is 12.3 Å². The van der Waals surface area contributed by atoms with Crippen LogP contribution >= 0.6 is 0 Å². The second-order valence-electron chi connectivity index (χ2n) is 6.56. The van der Waals surface area contributed by atoms with Crippen LogP contribution in [-0.2, 0) is 6.42 Å². The Bertz CT molecular complexity index is 400. The number of hydrogen-bond acceptors (Lipinski definition) is 1. The molecule has 18 heavy (non-hydrogen) atoms. The summed E-state index contributed by atoms with van der Waals surface area (Å²) in [6.45, 7) is 16.0. The predicted octanol–water partition coefficient (Wildman–Crippen LogP) is 4.12. The van der Waals surface area contributed by atoms with Crippen molar-refractivity contribution in [1.29, 1.82) is 0 Å². The Morgan fingerprint density at radius 1 is 1.17 bits per heavy atom. The molecule has 1 nitrogen and oxygen atoms in total. The van der Waals surface area contributed by atoms with Crippen molar-refractivity contribution in [3.05, 3.63) is 48.0 Å². The first-order valence-electron chi connectivity index (χ1n) is 6.69. The molecule has 0 saturated carbocycles. The highest BCUT2D eigenvalue weighted by Gasteiger charge is 2.23. The summed E-state index contributed by atoms with van der Waals surface area (Å²) in [7, 11) is 0. The van der Waals surface area contributed by atoms with Crippen molar-refractivity contribution >= 4 is 0 Å². The molecule has 1 aromatic carbocycles. The van der Waals surface area contributed by atoms with Gasteiger partial charge in [0.1, 0.15) is 0 Å². The van der Waals surface area contributed by atoms with E-state index in [1.807, 2.05) is 0 Å². The van der Waals surface area contributed by atoms with Crippen LogP contribution in [0.2, 0.25) is 0 Å². The van der Waals surface area contributed by atoms with Crippen LogP contribution in [0.25, 0.3) is 0 Å². The van der Waals surface area contributed by atoms with E-state index in [-0.39, 0.29) is 11.0 Å². The summed E-state index contributed by atoms with van der Waals surface area (Å²) in [4.78, 5) is 0. The SMILES string of the molecule is C=CC(C)(CNC(C)(C)C)Cc1ccccc1C. The Balaban J connectivity index is 2.77. The topological polar surface area (TPSA) is 12.0 Å². The van der Waals surface area contributed by atoms with Gasteiger partial charge < -0.3 is 5.32 Å². The average molecular weight is 245 g/mol. The lowest BCUT2D eigenvalue weighted by molar-refractivity contribution is 0.322. The van der Waals surface area contributed by atoms with Gasteiger partial charge in [0.15, 0.2) is 0 Å². The number of benzene rings is 1. The highest BCUT2D eigenvalue weighted by Crippen LogP contribution is 2.25. The molecule has 1 unspecified atom stereocenters. The van der Waals surface area contributed by atoms with Gasteiger partial charge in [0.2, 0.25) is 0 Å². The zero-order valence-electron chi connectivity index (χ0n) is 12.5. The van der Waals surface area contributed by atoms with Crippen molar-refractivity contribution in [2.45, 2.75) is 46.6 Å². The number of hydrogen-bond donors (Lipinski definition) is 1. The largest absolute Gasteiger partial charge is 0.311 e. The lowest BCUT2D eigenvalue weighted by Gasteiger charge is -2.31. The van der Waals surface area contributed by atoms with Crippen LogP contribution in [0.3, 0.4) is 0 Å². The smallest absolute Gasteiger partial charge is 0.00968 e. The standard InChI is InChI=1S/C17H27N/c1-7-17(6,13-18-16(3,4)5)12-15-11-9-8-10-14(15)2/h7-11,18H,1,12-13H2,2-6H3. The molecule has 0 aliphatic heterocycles. The third-order valence-corrected chi connectivity index (χ3v) is 3.37. The van der Waals surface area contributed by atoms with Crippen LogP contribution in [-0.4, -0.2) is 12.1 Å². The molecule has 1 heteroatoms. The van der Waals surface area contributed by atoms with Crippen LogP contribution in [0.5, 0.6) is 0 Å². The Labute approximate surface area is 112 Å². The molecule has 1 rings (SSSR count). The van der Waals surface area contributed by atoms with E-state index in [0.29, 0.717) is 0 Å². The van der Waals surface area contributed by atoms with Gasteiger partial charge in [0.25, 0.3) is 0 Å². The van der Waals surface area contributed by atoms with Crippen LogP contribution < -0.4 is 5.32 Å². The molecule has 0 bridgehead atoms. The van der Waals surface area contributed by atoms with Gasteiger partial charge in [-0.15, -0.1) is 6.58 Å². The van der Waals surface area contributed by atoms with Crippen molar-refractivity contribution < 1.29 is 0 Å². The summed E-state index contributed by atoms with van der Waals surface area (Å²) in [5.74, 6) is 0.